The molecule has 34 heavy (non-hydrogen) atoms. The molecule has 0 saturated heterocycles. The minimum absolute atomic E-state index is 0.00641. The fourth-order valence-electron chi connectivity index (χ4n) is 4.24. The Labute approximate surface area is 214 Å². The number of thiophene rings is 1. The summed E-state index contributed by atoms with van der Waals surface area (Å²) in [5.74, 6) is 0.328. The highest BCUT2D eigenvalue weighted by Gasteiger charge is 2.33. The number of amides is 2. The zero-order valence-electron chi connectivity index (χ0n) is 19.3. The molecule has 1 unspecified atom stereocenters. The number of nitrogens with zero attached hydrogens (tertiary/aromatic N) is 2. The Morgan fingerprint density at radius 3 is 2.62 bits per heavy atom. The molecule has 1 aliphatic rings. The predicted octanol–water partition coefficient (Wildman–Crippen LogP) is 6.30. The Kier molecular flexibility index (Phi) is 8.70. The van der Waals surface area contributed by atoms with Crippen LogP contribution >= 0.6 is 34.7 Å². The number of hydrogen-bond donors (Lipinski definition) is 0. The monoisotopic (exact) mass is 512 g/mol. The van der Waals surface area contributed by atoms with Gasteiger partial charge in [-0.2, -0.15) is 0 Å². The van der Waals surface area contributed by atoms with Gasteiger partial charge in [-0.1, -0.05) is 55.3 Å². The minimum atomic E-state index is -0.151. The normalized spacial score (nSPS) is 15.1. The quantitative estimate of drug-likeness (QED) is 0.316. The van der Waals surface area contributed by atoms with E-state index in [-0.39, 0.29) is 24.4 Å². The van der Waals surface area contributed by atoms with Crippen molar-refractivity contribution in [1.82, 2.24) is 9.80 Å². The second-order valence-corrected chi connectivity index (χ2v) is 10.8. The summed E-state index contributed by atoms with van der Waals surface area (Å²) in [6, 6.07) is 19.6. The van der Waals surface area contributed by atoms with Gasteiger partial charge in [0.05, 0.1) is 18.3 Å². The number of rotatable bonds is 9. The average Bonchev–Trinajstić information content (AvgIpc) is 3.34. The van der Waals surface area contributed by atoms with E-state index in [1.54, 1.807) is 16.2 Å². The molecule has 1 aliphatic heterocycles. The van der Waals surface area contributed by atoms with Crippen LogP contribution in [0.1, 0.15) is 41.8 Å². The number of carbonyl (C=O) groups is 2. The molecule has 0 bridgehead atoms. The summed E-state index contributed by atoms with van der Waals surface area (Å²) < 4.78 is 0. The molecular formula is C27H29ClN2O2S2. The Bertz CT molecular complexity index is 1100. The highest BCUT2D eigenvalue weighted by atomic mass is 35.5. The smallest absolute Gasteiger partial charge is 0.242 e. The third-order valence-corrected chi connectivity index (χ3v) is 8.28. The van der Waals surface area contributed by atoms with E-state index in [4.69, 9.17) is 11.6 Å². The molecule has 0 radical (unpaired) electrons. The molecule has 0 aliphatic carbocycles. The third kappa shape index (κ3) is 6.04. The van der Waals surface area contributed by atoms with Crippen LogP contribution < -0.4 is 0 Å². The molecule has 2 heterocycles. The Morgan fingerprint density at radius 2 is 1.88 bits per heavy atom. The fourth-order valence-corrected chi connectivity index (χ4v) is 6.09. The van der Waals surface area contributed by atoms with Gasteiger partial charge in [-0.3, -0.25) is 9.59 Å². The molecule has 0 N–H and O–H groups in total. The van der Waals surface area contributed by atoms with Gasteiger partial charge in [0.15, 0.2) is 0 Å². The van der Waals surface area contributed by atoms with E-state index in [1.807, 2.05) is 59.5 Å². The predicted molar refractivity (Wildman–Crippen MR) is 142 cm³/mol. The highest BCUT2D eigenvalue weighted by Crippen LogP contribution is 2.38. The molecule has 0 spiro atoms. The summed E-state index contributed by atoms with van der Waals surface area (Å²) in [6.45, 7) is 3.45. The molecule has 2 aromatic carbocycles. The second kappa shape index (κ2) is 11.9. The first-order chi connectivity index (χ1) is 16.6. The number of fused-ring (bicyclic) bond motifs is 1. The number of thioether (sulfide) groups is 1. The van der Waals surface area contributed by atoms with Gasteiger partial charge in [-0.25, -0.2) is 0 Å². The molecule has 2 amide bonds. The number of benzene rings is 2. The lowest BCUT2D eigenvalue weighted by Gasteiger charge is -2.37. The van der Waals surface area contributed by atoms with Crippen LogP contribution in [0, 0.1) is 0 Å². The Balaban J connectivity index is 1.51. The van der Waals surface area contributed by atoms with E-state index < -0.39 is 0 Å². The van der Waals surface area contributed by atoms with Crippen molar-refractivity contribution in [3.05, 3.63) is 87.1 Å². The largest absolute Gasteiger partial charge is 0.333 e. The van der Waals surface area contributed by atoms with Crippen LogP contribution in [0.2, 0.25) is 5.02 Å². The second-order valence-electron chi connectivity index (χ2n) is 8.36. The van der Waals surface area contributed by atoms with Gasteiger partial charge in [-0.15, -0.1) is 23.1 Å². The first-order valence-corrected chi connectivity index (χ1v) is 13.9. The van der Waals surface area contributed by atoms with Gasteiger partial charge in [0, 0.05) is 27.9 Å². The van der Waals surface area contributed by atoms with Crippen molar-refractivity contribution in [1.29, 1.82) is 0 Å². The maximum atomic E-state index is 13.6. The SMILES string of the molecule is CCCCN(CC(=O)N1CCc2sccc2C1c1ccc(Cl)cc1)C(=O)CSc1ccccc1. The van der Waals surface area contributed by atoms with Gasteiger partial charge in [0.25, 0.3) is 0 Å². The van der Waals surface area contributed by atoms with E-state index >= 15 is 0 Å². The standard InChI is InChI=1S/C27H29ClN2O2S2/c1-2-3-15-29(26(32)19-34-22-7-5-4-6-8-22)18-25(31)30-16-13-24-23(14-17-33-24)27(30)20-9-11-21(28)12-10-20/h4-12,14,17,27H,2-3,13,15-16,18-19H2,1H3. The Morgan fingerprint density at radius 1 is 1.12 bits per heavy atom. The van der Waals surface area contributed by atoms with Crippen LogP contribution in [-0.2, 0) is 16.0 Å². The van der Waals surface area contributed by atoms with Crippen molar-refractivity contribution >= 4 is 46.5 Å². The van der Waals surface area contributed by atoms with Crippen LogP contribution in [0.5, 0.6) is 0 Å². The topological polar surface area (TPSA) is 40.6 Å². The average molecular weight is 513 g/mol. The first-order valence-electron chi connectivity index (χ1n) is 11.6. The van der Waals surface area contributed by atoms with Gasteiger partial charge in [0.1, 0.15) is 0 Å². The summed E-state index contributed by atoms with van der Waals surface area (Å²) in [7, 11) is 0. The maximum Gasteiger partial charge on any atom is 0.242 e. The zero-order valence-corrected chi connectivity index (χ0v) is 21.7. The summed E-state index contributed by atoms with van der Waals surface area (Å²) in [4.78, 5) is 32.8. The molecule has 1 atom stereocenters. The summed E-state index contributed by atoms with van der Waals surface area (Å²) in [5.41, 5.74) is 2.22. The van der Waals surface area contributed by atoms with E-state index in [0.717, 1.165) is 29.7 Å². The van der Waals surface area contributed by atoms with Gasteiger partial charge in [-0.05, 0) is 59.7 Å². The summed E-state index contributed by atoms with van der Waals surface area (Å²) in [5, 5.41) is 2.77. The van der Waals surface area contributed by atoms with Crippen molar-refractivity contribution in [2.24, 2.45) is 0 Å². The van der Waals surface area contributed by atoms with E-state index in [0.29, 0.717) is 23.9 Å². The number of halogens is 1. The Hall–Kier alpha value is -2.28. The molecule has 0 fully saturated rings. The fraction of sp³-hybridized carbons (Fsp3) is 0.333. The van der Waals surface area contributed by atoms with Crippen molar-refractivity contribution in [2.45, 2.75) is 37.1 Å². The van der Waals surface area contributed by atoms with Crippen LogP contribution in [-0.4, -0.2) is 47.0 Å². The number of unbranched alkanes of at least 4 members (excludes halogenated alkanes) is 1. The van der Waals surface area contributed by atoms with Gasteiger partial charge < -0.3 is 9.80 Å². The molecule has 4 nitrogen and oxygen atoms in total. The molecule has 4 rings (SSSR count). The van der Waals surface area contributed by atoms with Gasteiger partial charge >= 0.3 is 0 Å². The maximum absolute atomic E-state index is 13.6. The van der Waals surface area contributed by atoms with E-state index in [9.17, 15) is 9.59 Å². The zero-order chi connectivity index (χ0) is 23.9. The van der Waals surface area contributed by atoms with Crippen LogP contribution in [0.4, 0.5) is 0 Å². The van der Waals surface area contributed by atoms with Crippen molar-refractivity contribution in [3.63, 3.8) is 0 Å². The summed E-state index contributed by atoms with van der Waals surface area (Å²) in [6.07, 6.45) is 2.69. The molecule has 178 valence electrons. The van der Waals surface area contributed by atoms with Crippen molar-refractivity contribution in [3.8, 4) is 0 Å². The van der Waals surface area contributed by atoms with E-state index in [1.165, 1.54) is 22.2 Å². The lowest BCUT2D eigenvalue weighted by atomic mass is 9.93. The number of hydrogen-bond acceptors (Lipinski definition) is 4. The lowest BCUT2D eigenvalue weighted by molar-refractivity contribution is -0.140. The highest BCUT2D eigenvalue weighted by molar-refractivity contribution is 8.00. The van der Waals surface area contributed by atoms with Crippen molar-refractivity contribution in [2.75, 3.05) is 25.4 Å². The lowest BCUT2D eigenvalue weighted by Crippen LogP contribution is -2.47. The van der Waals surface area contributed by atoms with Crippen LogP contribution in [0.15, 0.2) is 70.9 Å². The molecule has 3 aromatic rings. The van der Waals surface area contributed by atoms with Crippen LogP contribution in [0.25, 0.3) is 0 Å². The third-order valence-electron chi connectivity index (χ3n) is 6.04. The minimum Gasteiger partial charge on any atom is -0.333 e. The van der Waals surface area contributed by atoms with Crippen molar-refractivity contribution < 1.29 is 9.59 Å². The first kappa shape index (κ1) is 24.8. The summed E-state index contributed by atoms with van der Waals surface area (Å²) >= 11 is 9.39. The van der Waals surface area contributed by atoms with Crippen LogP contribution in [0.3, 0.4) is 0 Å². The number of carbonyl (C=O) groups excluding carboxylic acids is 2. The molecule has 0 saturated carbocycles. The van der Waals surface area contributed by atoms with E-state index in [2.05, 4.69) is 18.4 Å². The molecular weight excluding hydrogens is 484 g/mol. The van der Waals surface area contributed by atoms with Gasteiger partial charge in [0.2, 0.25) is 11.8 Å². The molecule has 1 aromatic heterocycles. The molecule has 7 heteroatoms.